The summed E-state index contributed by atoms with van der Waals surface area (Å²) in [5.74, 6) is 0.228. The fourth-order valence-electron chi connectivity index (χ4n) is 2.34. The van der Waals surface area contributed by atoms with Crippen molar-refractivity contribution in [2.24, 2.45) is 0 Å². The fourth-order valence-corrected chi connectivity index (χ4v) is 4.35. The van der Waals surface area contributed by atoms with Crippen LogP contribution in [0.1, 0.15) is 5.56 Å². The summed E-state index contributed by atoms with van der Waals surface area (Å²) in [5, 5.41) is 2.72. The average molecular weight is 348 g/mol. The minimum Gasteiger partial charge on any atom is -0.324 e. The number of thioether (sulfide) groups is 1. The molecule has 120 valence electrons. The molecule has 7 heteroatoms. The van der Waals surface area contributed by atoms with Crippen molar-refractivity contribution in [1.29, 1.82) is 0 Å². The molecule has 0 aromatic heterocycles. The highest BCUT2D eigenvalue weighted by Crippen LogP contribution is 2.34. The Labute approximate surface area is 139 Å². The number of benzene rings is 2. The number of amides is 1. The number of rotatable bonds is 3. The van der Waals surface area contributed by atoms with Crippen molar-refractivity contribution in [3.05, 3.63) is 48.0 Å². The summed E-state index contributed by atoms with van der Waals surface area (Å²) in [6.45, 7) is 1.91. The molecule has 0 saturated heterocycles. The zero-order valence-electron chi connectivity index (χ0n) is 12.7. The topological polar surface area (TPSA) is 66.5 Å². The van der Waals surface area contributed by atoms with Gasteiger partial charge in [-0.2, -0.15) is 0 Å². The Hall–Kier alpha value is -1.99. The average Bonchev–Trinajstić information content (AvgIpc) is 2.53. The molecule has 0 radical (unpaired) electrons. The summed E-state index contributed by atoms with van der Waals surface area (Å²) in [6, 6.07) is 12.1. The molecule has 3 rings (SSSR count). The zero-order valence-corrected chi connectivity index (χ0v) is 14.4. The van der Waals surface area contributed by atoms with Crippen LogP contribution in [-0.4, -0.2) is 27.1 Å². The highest BCUT2D eigenvalue weighted by molar-refractivity contribution is 8.00. The maximum absolute atomic E-state index is 12.8. The third-order valence-corrected chi connectivity index (χ3v) is 6.46. The summed E-state index contributed by atoms with van der Waals surface area (Å²) in [5.41, 5.74) is 2.13. The maximum atomic E-state index is 12.8. The van der Waals surface area contributed by atoms with Gasteiger partial charge in [-0.15, -0.1) is 11.8 Å². The molecule has 1 amide bonds. The molecule has 0 fully saturated rings. The van der Waals surface area contributed by atoms with Gasteiger partial charge >= 0.3 is 0 Å². The summed E-state index contributed by atoms with van der Waals surface area (Å²) in [6.07, 6.45) is 0. The predicted octanol–water partition coefficient (Wildman–Crippen LogP) is 2.86. The van der Waals surface area contributed by atoms with Crippen LogP contribution in [0.2, 0.25) is 0 Å². The van der Waals surface area contributed by atoms with Gasteiger partial charge in [-0.25, -0.2) is 8.42 Å². The molecule has 1 aliphatic heterocycles. The van der Waals surface area contributed by atoms with E-state index >= 15 is 0 Å². The molecule has 2 aromatic carbocycles. The lowest BCUT2D eigenvalue weighted by Gasteiger charge is -2.22. The number of carbonyl (C=O) groups is 1. The summed E-state index contributed by atoms with van der Waals surface area (Å²) < 4.78 is 26.9. The molecule has 1 heterocycles. The Bertz CT molecular complexity index is 879. The van der Waals surface area contributed by atoms with Gasteiger partial charge in [-0.3, -0.25) is 9.10 Å². The number of nitrogens with one attached hydrogen (secondary N) is 1. The first-order valence-corrected chi connectivity index (χ1v) is 9.43. The summed E-state index contributed by atoms with van der Waals surface area (Å²) >= 11 is 1.40. The second kappa shape index (κ2) is 5.90. The molecule has 0 bridgehead atoms. The fraction of sp³-hybridized carbons (Fsp3) is 0.188. The van der Waals surface area contributed by atoms with Crippen LogP contribution < -0.4 is 9.62 Å². The van der Waals surface area contributed by atoms with E-state index in [1.54, 1.807) is 18.2 Å². The van der Waals surface area contributed by atoms with Gasteiger partial charge in [0.2, 0.25) is 5.91 Å². The van der Waals surface area contributed by atoms with Crippen molar-refractivity contribution < 1.29 is 13.2 Å². The Morgan fingerprint density at radius 1 is 1.17 bits per heavy atom. The third kappa shape index (κ3) is 3.07. The first kappa shape index (κ1) is 15.9. The van der Waals surface area contributed by atoms with Crippen LogP contribution in [-0.2, 0) is 14.8 Å². The van der Waals surface area contributed by atoms with E-state index in [0.29, 0.717) is 17.1 Å². The van der Waals surface area contributed by atoms with Crippen molar-refractivity contribution in [3.63, 3.8) is 0 Å². The minimum atomic E-state index is -3.69. The van der Waals surface area contributed by atoms with Gasteiger partial charge in [0.25, 0.3) is 10.0 Å². The van der Waals surface area contributed by atoms with Crippen LogP contribution in [0, 0.1) is 6.92 Å². The Morgan fingerprint density at radius 2 is 1.96 bits per heavy atom. The lowest BCUT2D eigenvalue weighted by Crippen LogP contribution is -2.27. The first-order chi connectivity index (χ1) is 10.9. The number of hydrogen-bond donors (Lipinski definition) is 1. The lowest BCUT2D eigenvalue weighted by molar-refractivity contribution is -0.113. The summed E-state index contributed by atoms with van der Waals surface area (Å²) in [7, 11) is -2.16. The van der Waals surface area contributed by atoms with E-state index in [2.05, 4.69) is 5.32 Å². The molecular formula is C16H16N2O3S2. The number of fused-ring (bicyclic) bond motifs is 1. The Balaban J connectivity index is 1.99. The largest absolute Gasteiger partial charge is 0.324 e. The molecular weight excluding hydrogens is 332 g/mol. The summed E-state index contributed by atoms with van der Waals surface area (Å²) in [4.78, 5) is 12.5. The predicted molar refractivity (Wildman–Crippen MR) is 92.6 cm³/mol. The van der Waals surface area contributed by atoms with Crippen LogP contribution in [0.3, 0.4) is 0 Å². The maximum Gasteiger partial charge on any atom is 0.264 e. The molecule has 1 aliphatic rings. The monoisotopic (exact) mass is 348 g/mol. The van der Waals surface area contributed by atoms with Crippen molar-refractivity contribution >= 4 is 39.1 Å². The number of aryl methyl sites for hydroxylation is 1. The smallest absolute Gasteiger partial charge is 0.264 e. The number of carbonyl (C=O) groups excluding carboxylic acids is 1. The lowest BCUT2D eigenvalue weighted by atomic mass is 10.2. The van der Waals surface area contributed by atoms with E-state index in [9.17, 15) is 13.2 Å². The zero-order chi connectivity index (χ0) is 16.6. The quantitative estimate of drug-likeness (QED) is 0.926. The van der Waals surface area contributed by atoms with Crippen LogP contribution in [0.4, 0.5) is 11.4 Å². The molecule has 2 aromatic rings. The second-order valence-corrected chi connectivity index (χ2v) is 8.29. The molecule has 5 nitrogen and oxygen atoms in total. The second-order valence-electron chi connectivity index (χ2n) is 5.31. The SMILES string of the molecule is Cc1cccc(N(C)S(=O)(=O)c2ccc3c(c2)NC(=O)CS3)c1. The van der Waals surface area contributed by atoms with E-state index in [1.165, 1.54) is 29.2 Å². The number of hydrogen-bond acceptors (Lipinski definition) is 4. The van der Waals surface area contributed by atoms with Crippen molar-refractivity contribution in [3.8, 4) is 0 Å². The Kier molecular flexibility index (Phi) is 4.08. The van der Waals surface area contributed by atoms with Crippen LogP contribution in [0.25, 0.3) is 0 Å². The van der Waals surface area contributed by atoms with E-state index in [0.717, 1.165) is 10.5 Å². The highest BCUT2D eigenvalue weighted by atomic mass is 32.2. The van der Waals surface area contributed by atoms with Crippen LogP contribution in [0.15, 0.2) is 52.3 Å². The van der Waals surface area contributed by atoms with Crippen molar-refractivity contribution in [2.45, 2.75) is 16.7 Å². The highest BCUT2D eigenvalue weighted by Gasteiger charge is 2.24. The molecule has 0 atom stereocenters. The van der Waals surface area contributed by atoms with E-state index in [1.807, 2.05) is 25.1 Å². The van der Waals surface area contributed by atoms with E-state index in [4.69, 9.17) is 0 Å². The molecule has 0 unspecified atom stereocenters. The van der Waals surface area contributed by atoms with Gasteiger partial charge < -0.3 is 5.32 Å². The minimum absolute atomic E-state index is 0.121. The van der Waals surface area contributed by atoms with Crippen molar-refractivity contribution in [1.82, 2.24) is 0 Å². The van der Waals surface area contributed by atoms with Crippen LogP contribution in [0.5, 0.6) is 0 Å². The van der Waals surface area contributed by atoms with Gasteiger partial charge in [0, 0.05) is 11.9 Å². The Morgan fingerprint density at radius 3 is 2.70 bits per heavy atom. The standard InChI is InChI=1S/C16H16N2O3S2/c1-11-4-3-5-12(8-11)18(2)23(20,21)13-6-7-15-14(9-13)17-16(19)10-22-15/h3-9H,10H2,1-2H3,(H,17,19). The van der Waals surface area contributed by atoms with E-state index < -0.39 is 10.0 Å². The number of anilines is 2. The van der Waals surface area contributed by atoms with Gasteiger partial charge in [0.1, 0.15) is 0 Å². The third-order valence-electron chi connectivity index (χ3n) is 3.61. The van der Waals surface area contributed by atoms with Crippen molar-refractivity contribution in [2.75, 3.05) is 22.4 Å². The normalized spacial score (nSPS) is 14.1. The molecule has 0 saturated carbocycles. The molecule has 0 aliphatic carbocycles. The molecule has 23 heavy (non-hydrogen) atoms. The van der Waals surface area contributed by atoms with Gasteiger partial charge in [-0.05, 0) is 42.8 Å². The first-order valence-electron chi connectivity index (χ1n) is 7.00. The number of nitrogens with zero attached hydrogens (tertiary/aromatic N) is 1. The molecule has 0 spiro atoms. The van der Waals surface area contributed by atoms with Crippen LogP contribution >= 0.6 is 11.8 Å². The molecule has 1 N–H and O–H groups in total. The van der Waals surface area contributed by atoms with Gasteiger partial charge in [-0.1, -0.05) is 12.1 Å². The number of sulfonamides is 1. The van der Waals surface area contributed by atoms with Gasteiger partial charge in [0.15, 0.2) is 0 Å². The van der Waals surface area contributed by atoms with Gasteiger partial charge in [0.05, 0.1) is 22.0 Å². The van der Waals surface area contributed by atoms with E-state index in [-0.39, 0.29) is 10.8 Å².